The molecular formula is C67H118NO8+. The van der Waals surface area contributed by atoms with Gasteiger partial charge in [-0.2, -0.15) is 0 Å². The van der Waals surface area contributed by atoms with E-state index < -0.39 is 24.3 Å². The Morgan fingerprint density at radius 1 is 0.408 bits per heavy atom. The second kappa shape index (κ2) is 57.6. The van der Waals surface area contributed by atoms with Gasteiger partial charge in [-0.05, 0) is 70.6 Å². The molecule has 438 valence electrons. The van der Waals surface area contributed by atoms with Crippen molar-refractivity contribution in [3.63, 3.8) is 0 Å². The molecule has 0 saturated carbocycles. The number of likely N-dealkylation sites (N-methyl/N-ethyl adjacent to an activating group) is 1. The molecule has 0 bridgehead atoms. The van der Waals surface area contributed by atoms with E-state index in [-0.39, 0.29) is 32.2 Å². The Morgan fingerprint density at radius 2 is 0.750 bits per heavy atom. The van der Waals surface area contributed by atoms with Crippen LogP contribution < -0.4 is 0 Å². The minimum absolute atomic E-state index is 0.181. The largest absolute Gasteiger partial charge is 0.477 e. The van der Waals surface area contributed by atoms with E-state index >= 15 is 0 Å². The summed E-state index contributed by atoms with van der Waals surface area (Å²) < 4.78 is 22.9. The van der Waals surface area contributed by atoms with Crippen LogP contribution in [-0.4, -0.2) is 87.4 Å². The number of carboxylic acid groups (broad SMARTS) is 1. The molecule has 0 rings (SSSR count). The van der Waals surface area contributed by atoms with Crippen molar-refractivity contribution in [2.75, 3.05) is 47.5 Å². The number of hydrogen-bond donors (Lipinski definition) is 1. The molecule has 0 aromatic rings. The number of aliphatic carboxylic acids is 1. The molecule has 1 N–H and O–H groups in total. The second-order valence-electron chi connectivity index (χ2n) is 22.0. The molecule has 2 unspecified atom stereocenters. The van der Waals surface area contributed by atoms with Crippen molar-refractivity contribution in [2.24, 2.45) is 0 Å². The number of hydrogen-bond acceptors (Lipinski definition) is 7. The van der Waals surface area contributed by atoms with E-state index in [1.54, 1.807) is 0 Å². The smallest absolute Gasteiger partial charge is 0.361 e. The highest BCUT2D eigenvalue weighted by Gasteiger charge is 2.25. The van der Waals surface area contributed by atoms with Crippen LogP contribution in [0.5, 0.6) is 0 Å². The van der Waals surface area contributed by atoms with Crippen LogP contribution in [0.15, 0.2) is 85.1 Å². The number of carbonyl (C=O) groups is 3. The summed E-state index contributed by atoms with van der Waals surface area (Å²) in [7, 11) is 5.97. The van der Waals surface area contributed by atoms with Crippen LogP contribution in [0.4, 0.5) is 0 Å². The third kappa shape index (κ3) is 58.2. The van der Waals surface area contributed by atoms with Gasteiger partial charge in [0, 0.05) is 12.8 Å². The summed E-state index contributed by atoms with van der Waals surface area (Å²) >= 11 is 0. The number of carbonyl (C=O) groups excluding carboxylic acids is 2. The van der Waals surface area contributed by atoms with Gasteiger partial charge in [-0.25, -0.2) is 4.79 Å². The Hall–Kier alpha value is -3.53. The maximum absolute atomic E-state index is 12.9. The van der Waals surface area contributed by atoms with Gasteiger partial charge in [-0.1, -0.05) is 266 Å². The highest BCUT2D eigenvalue weighted by Crippen LogP contribution is 2.17. The van der Waals surface area contributed by atoms with E-state index in [1.165, 1.54) is 154 Å². The lowest BCUT2D eigenvalue weighted by Gasteiger charge is -2.25. The second-order valence-corrected chi connectivity index (χ2v) is 22.0. The number of esters is 2. The van der Waals surface area contributed by atoms with Crippen molar-refractivity contribution in [1.82, 2.24) is 0 Å². The van der Waals surface area contributed by atoms with E-state index in [9.17, 15) is 19.5 Å². The topological polar surface area (TPSA) is 108 Å². The summed E-state index contributed by atoms with van der Waals surface area (Å²) in [5.41, 5.74) is 0. The molecule has 2 atom stereocenters. The molecule has 0 aliphatic carbocycles. The Balaban J connectivity index is 4.13. The fraction of sp³-hybridized carbons (Fsp3) is 0.746. The molecule has 0 aromatic heterocycles. The van der Waals surface area contributed by atoms with Crippen LogP contribution in [0.3, 0.4) is 0 Å². The third-order valence-electron chi connectivity index (χ3n) is 13.4. The summed E-state index contributed by atoms with van der Waals surface area (Å²) in [5, 5.41) is 9.71. The molecule has 9 nitrogen and oxygen atoms in total. The Kier molecular flexibility index (Phi) is 55.0. The number of carboxylic acids is 1. The third-order valence-corrected chi connectivity index (χ3v) is 13.4. The lowest BCUT2D eigenvalue weighted by molar-refractivity contribution is -0.870. The van der Waals surface area contributed by atoms with Gasteiger partial charge >= 0.3 is 17.9 Å². The SMILES string of the molecule is CC/C=C\C/C=C\C/C=C\C/C=C\C/C=C\C/C=C\C/C=C\CCCCCCCCCCCCCCCC(=O)OC(COC(=O)CCCCCCCCCCCCCCCCCC)COC(OCC[N+](C)(C)C)C(=O)O. The Morgan fingerprint density at radius 3 is 1.12 bits per heavy atom. The van der Waals surface area contributed by atoms with Gasteiger partial charge in [0.05, 0.1) is 34.4 Å². The van der Waals surface area contributed by atoms with Crippen LogP contribution in [0, 0.1) is 0 Å². The zero-order valence-electron chi connectivity index (χ0n) is 49.9. The first kappa shape index (κ1) is 72.5. The van der Waals surface area contributed by atoms with E-state index in [4.69, 9.17) is 18.9 Å². The average Bonchev–Trinajstić information content (AvgIpc) is 3.39. The molecule has 0 saturated heterocycles. The highest BCUT2D eigenvalue weighted by atomic mass is 16.7. The first-order valence-electron chi connectivity index (χ1n) is 31.3. The van der Waals surface area contributed by atoms with Gasteiger partial charge in [0.25, 0.3) is 6.29 Å². The predicted molar refractivity (Wildman–Crippen MR) is 322 cm³/mol. The minimum Gasteiger partial charge on any atom is -0.477 e. The first-order chi connectivity index (χ1) is 37.1. The Bertz CT molecular complexity index is 1520. The van der Waals surface area contributed by atoms with Crippen LogP contribution in [0.25, 0.3) is 0 Å². The van der Waals surface area contributed by atoms with Crippen molar-refractivity contribution in [3.05, 3.63) is 85.1 Å². The number of nitrogens with zero attached hydrogens (tertiary/aromatic N) is 1. The van der Waals surface area contributed by atoms with Crippen LogP contribution in [0.1, 0.15) is 264 Å². The lowest BCUT2D eigenvalue weighted by atomic mass is 10.0. The average molecular weight is 1070 g/mol. The fourth-order valence-corrected chi connectivity index (χ4v) is 8.64. The van der Waals surface area contributed by atoms with Crippen LogP contribution >= 0.6 is 0 Å². The normalized spacial score (nSPS) is 13.3. The van der Waals surface area contributed by atoms with Gasteiger partial charge in [0.2, 0.25) is 0 Å². The molecule has 0 radical (unpaired) electrons. The first-order valence-corrected chi connectivity index (χ1v) is 31.3. The van der Waals surface area contributed by atoms with Crippen molar-refractivity contribution < 1.29 is 42.9 Å². The van der Waals surface area contributed by atoms with Crippen LogP contribution in [0.2, 0.25) is 0 Å². The molecule has 76 heavy (non-hydrogen) atoms. The van der Waals surface area contributed by atoms with Crippen molar-refractivity contribution >= 4 is 17.9 Å². The zero-order chi connectivity index (χ0) is 55.5. The predicted octanol–water partition coefficient (Wildman–Crippen LogP) is 18.7. The number of allylic oxidation sites excluding steroid dienone is 14. The lowest BCUT2D eigenvalue weighted by Crippen LogP contribution is -2.40. The van der Waals surface area contributed by atoms with Crippen molar-refractivity contribution in [3.8, 4) is 0 Å². The molecule has 0 aromatic carbocycles. The highest BCUT2D eigenvalue weighted by molar-refractivity contribution is 5.71. The van der Waals surface area contributed by atoms with Gasteiger partial charge in [0.1, 0.15) is 13.2 Å². The van der Waals surface area contributed by atoms with Crippen molar-refractivity contribution in [1.29, 1.82) is 0 Å². The van der Waals surface area contributed by atoms with E-state index in [0.29, 0.717) is 17.4 Å². The summed E-state index contributed by atoms with van der Waals surface area (Å²) in [6.45, 7) is 4.78. The molecule has 0 aliphatic rings. The quantitative estimate of drug-likeness (QED) is 0.0211. The van der Waals surface area contributed by atoms with Gasteiger partial charge in [-0.3, -0.25) is 9.59 Å². The standard InChI is InChI=1S/C67H117NO8/c1-6-8-10-12-14-16-18-20-22-24-25-26-27-28-29-30-31-32-33-34-35-36-37-38-39-40-41-42-44-46-48-50-52-54-56-58-65(70)76-63(62-75-67(66(71)72)73-60-59-68(3,4)5)61-74-64(69)57-55-53-51-49-47-45-43-23-21-19-17-15-13-11-9-7-2/h8,10,14,16,20,22,25-26,28-29,31-32,34-35,63,67H,6-7,9,11-13,15,17-19,21,23-24,27,30,33,36-62H2,1-5H3/p+1/b10-8-,16-14-,22-20-,26-25-,29-28-,32-31-,35-34-. The molecule has 9 heteroatoms. The molecular weight excluding hydrogens is 947 g/mol. The van der Waals surface area contributed by atoms with Crippen molar-refractivity contribution in [2.45, 2.75) is 277 Å². The maximum atomic E-state index is 12.9. The Labute approximate surface area is 468 Å². The van der Waals surface area contributed by atoms with Gasteiger partial charge in [-0.15, -0.1) is 0 Å². The van der Waals surface area contributed by atoms with E-state index in [2.05, 4.69) is 98.9 Å². The molecule has 0 heterocycles. The number of rotatable bonds is 57. The summed E-state index contributed by atoms with van der Waals surface area (Å²) in [4.78, 5) is 37.4. The molecule has 0 fully saturated rings. The van der Waals surface area contributed by atoms with Gasteiger partial charge < -0.3 is 28.5 Å². The monoisotopic (exact) mass is 1060 g/mol. The number of unbranched alkanes of at least 4 members (excludes halogenated alkanes) is 28. The molecule has 0 amide bonds. The van der Waals surface area contributed by atoms with E-state index in [0.717, 1.165) is 83.5 Å². The minimum atomic E-state index is -1.51. The molecule has 0 aliphatic heterocycles. The summed E-state index contributed by atoms with van der Waals surface area (Å²) in [6, 6.07) is 0. The molecule has 0 spiro atoms. The summed E-state index contributed by atoms with van der Waals surface area (Å²) in [5.74, 6) is -2.00. The van der Waals surface area contributed by atoms with Crippen LogP contribution in [-0.2, 0) is 33.3 Å². The van der Waals surface area contributed by atoms with E-state index in [1.807, 2.05) is 21.1 Å². The maximum Gasteiger partial charge on any atom is 0.361 e. The number of ether oxygens (including phenoxy) is 4. The zero-order valence-corrected chi connectivity index (χ0v) is 49.9. The van der Waals surface area contributed by atoms with Gasteiger partial charge in [0.15, 0.2) is 6.10 Å². The number of quaternary nitrogens is 1. The summed E-state index contributed by atoms with van der Waals surface area (Å²) in [6.07, 6.45) is 73.8. The fourth-order valence-electron chi connectivity index (χ4n) is 8.64.